The third-order valence-corrected chi connectivity index (χ3v) is 2.90. The van der Waals surface area contributed by atoms with Gasteiger partial charge in [-0.1, -0.05) is 24.3 Å². The van der Waals surface area contributed by atoms with Crippen molar-refractivity contribution in [3.8, 4) is 0 Å². The van der Waals surface area contributed by atoms with Crippen molar-refractivity contribution in [2.45, 2.75) is 6.42 Å². The summed E-state index contributed by atoms with van der Waals surface area (Å²) in [6.45, 7) is 0. The summed E-state index contributed by atoms with van der Waals surface area (Å²) in [6.07, 6.45) is 8.96. The van der Waals surface area contributed by atoms with E-state index < -0.39 is 0 Å². The van der Waals surface area contributed by atoms with Crippen molar-refractivity contribution < 1.29 is 0 Å². The highest BCUT2D eigenvalue weighted by Crippen LogP contribution is 2.26. The summed E-state index contributed by atoms with van der Waals surface area (Å²) >= 11 is 1.76. The summed E-state index contributed by atoms with van der Waals surface area (Å²) < 4.78 is 0. The Bertz CT molecular complexity index is 369. The van der Waals surface area contributed by atoms with Crippen molar-refractivity contribution in [3.05, 3.63) is 52.4 Å². The Morgan fingerprint density at radius 2 is 2.08 bits per heavy atom. The van der Waals surface area contributed by atoms with Crippen LogP contribution >= 0.6 is 11.3 Å². The first-order valence-corrected chi connectivity index (χ1v) is 5.10. The second-order valence-corrected chi connectivity index (χ2v) is 3.92. The van der Waals surface area contributed by atoms with E-state index in [2.05, 4.69) is 23.6 Å². The van der Waals surface area contributed by atoms with Crippen molar-refractivity contribution in [2.24, 2.45) is 5.73 Å². The highest BCUT2D eigenvalue weighted by atomic mass is 32.1. The van der Waals surface area contributed by atoms with Crippen LogP contribution in [0.15, 0.2) is 47.5 Å². The molecule has 2 N–H and O–H groups in total. The Morgan fingerprint density at radius 3 is 2.85 bits per heavy atom. The summed E-state index contributed by atoms with van der Waals surface area (Å²) in [4.78, 5) is 1.31. The SMILES string of the molecule is NC1=CC=CC=C(c2cccs2)C1. The van der Waals surface area contributed by atoms with Crippen molar-refractivity contribution >= 4 is 16.9 Å². The van der Waals surface area contributed by atoms with E-state index in [0.717, 1.165) is 12.1 Å². The van der Waals surface area contributed by atoms with E-state index in [1.54, 1.807) is 11.3 Å². The van der Waals surface area contributed by atoms with Crippen molar-refractivity contribution in [2.75, 3.05) is 0 Å². The lowest BCUT2D eigenvalue weighted by Gasteiger charge is -2.02. The van der Waals surface area contributed by atoms with Crippen LogP contribution in [0.1, 0.15) is 11.3 Å². The average Bonchev–Trinajstić information content (AvgIpc) is 2.56. The van der Waals surface area contributed by atoms with Crippen LogP contribution in [0.3, 0.4) is 0 Å². The lowest BCUT2D eigenvalue weighted by atomic mass is 10.1. The van der Waals surface area contributed by atoms with E-state index in [1.165, 1.54) is 10.5 Å². The summed E-state index contributed by atoms with van der Waals surface area (Å²) in [6, 6.07) is 4.19. The Kier molecular flexibility index (Phi) is 2.32. The Labute approximate surface area is 81.9 Å². The molecule has 66 valence electrons. The summed E-state index contributed by atoms with van der Waals surface area (Å²) in [5.74, 6) is 0. The Hall–Kier alpha value is -1.28. The third-order valence-electron chi connectivity index (χ3n) is 1.95. The standard InChI is InChI=1S/C11H11NS/c12-10-5-2-1-4-9(8-10)11-6-3-7-13-11/h1-7H,8,12H2. The lowest BCUT2D eigenvalue weighted by Crippen LogP contribution is -1.96. The fourth-order valence-corrected chi connectivity index (χ4v) is 2.07. The predicted molar refractivity (Wildman–Crippen MR) is 58.3 cm³/mol. The van der Waals surface area contributed by atoms with E-state index in [0.29, 0.717) is 0 Å². The molecule has 1 aliphatic carbocycles. The van der Waals surface area contributed by atoms with Crippen molar-refractivity contribution in [3.63, 3.8) is 0 Å². The normalized spacial score (nSPS) is 16.3. The van der Waals surface area contributed by atoms with Crippen LogP contribution in [0.25, 0.3) is 5.57 Å². The molecular weight excluding hydrogens is 178 g/mol. The Balaban J connectivity index is 2.31. The Morgan fingerprint density at radius 1 is 1.23 bits per heavy atom. The fraction of sp³-hybridized carbons (Fsp3) is 0.0909. The molecule has 1 aromatic rings. The molecule has 13 heavy (non-hydrogen) atoms. The number of allylic oxidation sites excluding steroid dienone is 5. The van der Waals surface area contributed by atoms with Gasteiger partial charge in [-0.05, 0) is 23.1 Å². The maximum Gasteiger partial charge on any atom is 0.0306 e. The summed E-state index contributed by atoms with van der Waals surface area (Å²) in [7, 11) is 0. The molecule has 0 unspecified atom stereocenters. The van der Waals surface area contributed by atoms with Crippen LogP contribution in [0.5, 0.6) is 0 Å². The van der Waals surface area contributed by atoms with E-state index in [4.69, 9.17) is 5.73 Å². The van der Waals surface area contributed by atoms with Crippen molar-refractivity contribution in [1.82, 2.24) is 0 Å². The van der Waals surface area contributed by atoms with E-state index in [9.17, 15) is 0 Å². The minimum atomic E-state index is 0.855. The number of rotatable bonds is 1. The molecule has 1 heterocycles. The molecule has 0 radical (unpaired) electrons. The van der Waals surface area contributed by atoms with Crippen LogP contribution in [0.4, 0.5) is 0 Å². The van der Waals surface area contributed by atoms with Gasteiger partial charge in [-0.2, -0.15) is 0 Å². The molecule has 1 nitrogen and oxygen atoms in total. The second kappa shape index (κ2) is 3.62. The maximum atomic E-state index is 5.80. The van der Waals surface area contributed by atoms with Crippen LogP contribution in [-0.2, 0) is 0 Å². The highest BCUT2D eigenvalue weighted by molar-refractivity contribution is 7.11. The van der Waals surface area contributed by atoms with Gasteiger partial charge < -0.3 is 5.73 Å². The molecule has 0 aromatic carbocycles. The quantitative estimate of drug-likeness (QED) is 0.722. The predicted octanol–water partition coefficient (Wildman–Crippen LogP) is 2.93. The molecule has 0 spiro atoms. The second-order valence-electron chi connectivity index (χ2n) is 2.97. The highest BCUT2D eigenvalue weighted by Gasteiger charge is 2.04. The molecule has 1 aliphatic rings. The fourth-order valence-electron chi connectivity index (χ4n) is 1.32. The number of hydrogen-bond acceptors (Lipinski definition) is 2. The lowest BCUT2D eigenvalue weighted by molar-refractivity contribution is 1.19. The molecule has 0 saturated heterocycles. The first-order valence-electron chi connectivity index (χ1n) is 4.22. The zero-order chi connectivity index (χ0) is 9.10. The van der Waals surface area contributed by atoms with Gasteiger partial charge in [0.2, 0.25) is 0 Å². The largest absolute Gasteiger partial charge is 0.402 e. The van der Waals surface area contributed by atoms with Gasteiger partial charge in [0, 0.05) is 17.0 Å². The smallest absolute Gasteiger partial charge is 0.0306 e. The first-order chi connectivity index (χ1) is 6.36. The monoisotopic (exact) mass is 189 g/mol. The van der Waals surface area contributed by atoms with Crippen LogP contribution < -0.4 is 5.73 Å². The molecule has 0 saturated carbocycles. The molecule has 2 rings (SSSR count). The average molecular weight is 189 g/mol. The molecule has 0 fully saturated rings. The summed E-state index contributed by atoms with van der Waals surface area (Å²) in [5.41, 5.74) is 8.03. The zero-order valence-corrected chi connectivity index (χ0v) is 8.05. The van der Waals surface area contributed by atoms with Crippen LogP contribution in [0, 0.1) is 0 Å². The molecule has 2 heteroatoms. The number of nitrogens with two attached hydrogens (primary N) is 1. The first kappa shape index (κ1) is 8.32. The van der Waals surface area contributed by atoms with Gasteiger partial charge in [-0.3, -0.25) is 0 Å². The van der Waals surface area contributed by atoms with E-state index >= 15 is 0 Å². The molecular formula is C11H11NS. The molecule has 0 amide bonds. The van der Waals surface area contributed by atoms with Gasteiger partial charge in [-0.25, -0.2) is 0 Å². The van der Waals surface area contributed by atoms with Gasteiger partial charge >= 0.3 is 0 Å². The number of hydrogen-bond donors (Lipinski definition) is 1. The molecule has 1 aromatic heterocycles. The third kappa shape index (κ3) is 1.90. The minimum Gasteiger partial charge on any atom is -0.402 e. The molecule has 0 bridgehead atoms. The van der Waals surface area contributed by atoms with Gasteiger partial charge in [0.1, 0.15) is 0 Å². The minimum absolute atomic E-state index is 0.855. The molecule has 0 aliphatic heterocycles. The number of thiophene rings is 1. The van der Waals surface area contributed by atoms with Gasteiger partial charge in [0.05, 0.1) is 0 Å². The van der Waals surface area contributed by atoms with E-state index in [-0.39, 0.29) is 0 Å². The van der Waals surface area contributed by atoms with Crippen LogP contribution in [0.2, 0.25) is 0 Å². The maximum absolute atomic E-state index is 5.80. The van der Waals surface area contributed by atoms with E-state index in [1.807, 2.05) is 18.2 Å². The summed E-state index contributed by atoms with van der Waals surface area (Å²) in [5, 5.41) is 2.09. The van der Waals surface area contributed by atoms with Crippen molar-refractivity contribution in [1.29, 1.82) is 0 Å². The topological polar surface area (TPSA) is 26.0 Å². The zero-order valence-electron chi connectivity index (χ0n) is 7.23. The van der Waals surface area contributed by atoms with Gasteiger partial charge in [-0.15, -0.1) is 11.3 Å². The van der Waals surface area contributed by atoms with Gasteiger partial charge in [0.25, 0.3) is 0 Å². The van der Waals surface area contributed by atoms with Gasteiger partial charge in [0.15, 0.2) is 0 Å². The van der Waals surface area contributed by atoms with Crippen LogP contribution in [-0.4, -0.2) is 0 Å². The molecule has 0 atom stereocenters.